The fourth-order valence-electron chi connectivity index (χ4n) is 3.00. The minimum absolute atomic E-state index is 0.324. The van der Waals surface area contributed by atoms with Gasteiger partial charge in [-0.15, -0.1) is 0 Å². The first-order valence-electron chi connectivity index (χ1n) is 9.14. The fourth-order valence-corrected chi connectivity index (χ4v) is 3.16. The molecular weight excluding hydrogens is 398 g/mol. The van der Waals surface area contributed by atoms with Crippen molar-refractivity contribution in [2.45, 2.75) is 19.9 Å². The van der Waals surface area contributed by atoms with Crippen LogP contribution in [0.5, 0.6) is 0 Å². The number of hydrogen-bond donors (Lipinski definition) is 3. The Labute approximate surface area is 174 Å². The van der Waals surface area contributed by atoms with E-state index in [-0.39, 0.29) is 0 Å². The number of fused-ring (bicyclic) bond motifs is 1. The molecule has 0 radical (unpaired) electrons. The number of anilines is 2. The van der Waals surface area contributed by atoms with Crippen molar-refractivity contribution in [1.82, 2.24) is 14.5 Å². The zero-order valence-electron chi connectivity index (χ0n) is 16.7. The van der Waals surface area contributed by atoms with E-state index in [2.05, 4.69) is 35.3 Å². The van der Waals surface area contributed by atoms with E-state index in [9.17, 15) is 9.59 Å². The first-order valence-corrected chi connectivity index (χ1v) is 9.52. The van der Waals surface area contributed by atoms with Crippen molar-refractivity contribution in [3.63, 3.8) is 0 Å². The molecule has 10 heteroatoms. The lowest BCUT2D eigenvalue weighted by molar-refractivity contribution is -0.134. The Balaban J connectivity index is 0.000000321. The van der Waals surface area contributed by atoms with Gasteiger partial charge in [0.2, 0.25) is 5.95 Å². The van der Waals surface area contributed by atoms with E-state index in [4.69, 9.17) is 32.5 Å². The Kier molecular flexibility index (Phi) is 7.46. The van der Waals surface area contributed by atoms with Crippen LogP contribution < -0.4 is 10.6 Å². The first kappa shape index (κ1) is 22.5. The molecule has 1 fully saturated rings. The van der Waals surface area contributed by atoms with Crippen molar-refractivity contribution in [2.24, 2.45) is 0 Å². The van der Waals surface area contributed by atoms with Gasteiger partial charge in [0, 0.05) is 44.4 Å². The van der Waals surface area contributed by atoms with Gasteiger partial charge in [-0.2, -0.15) is 0 Å². The number of imidazole rings is 1. The third-order valence-electron chi connectivity index (χ3n) is 4.46. The maximum absolute atomic E-state index is 9.55. The summed E-state index contributed by atoms with van der Waals surface area (Å²) in [5.41, 5.74) is 8.54. The molecule has 0 spiro atoms. The van der Waals surface area contributed by atoms with Crippen LogP contribution in [0.15, 0.2) is 24.3 Å². The second-order valence-electron chi connectivity index (χ2n) is 7.04. The summed E-state index contributed by atoms with van der Waals surface area (Å²) in [5, 5.41) is 16.2. The number of likely N-dealkylation sites (N-methyl/N-ethyl adjacent to an activating group) is 1. The molecule has 0 atom stereocenters. The van der Waals surface area contributed by atoms with E-state index in [1.807, 2.05) is 12.1 Å². The highest BCUT2D eigenvalue weighted by molar-refractivity contribution is 6.33. The molecule has 29 heavy (non-hydrogen) atoms. The summed E-state index contributed by atoms with van der Waals surface area (Å²) in [6.45, 7) is 8.46. The molecule has 2 heterocycles. The van der Waals surface area contributed by atoms with Crippen LogP contribution in [0.1, 0.15) is 19.9 Å². The SMILES string of the molecule is CC(C)n1c(N2CCN(C)CC2)nc2cc(Cl)c(N)cc21.O=C(O)/C=C\C(=O)O. The van der Waals surface area contributed by atoms with Gasteiger partial charge in [0.1, 0.15) is 0 Å². The highest BCUT2D eigenvalue weighted by atomic mass is 35.5. The summed E-state index contributed by atoms with van der Waals surface area (Å²) in [6, 6.07) is 4.12. The van der Waals surface area contributed by atoms with Gasteiger partial charge in [-0.3, -0.25) is 0 Å². The second kappa shape index (κ2) is 9.62. The molecule has 1 aromatic carbocycles. The highest BCUT2D eigenvalue weighted by Crippen LogP contribution is 2.32. The molecule has 3 rings (SSSR count). The quantitative estimate of drug-likeness (QED) is 0.505. The number of aliphatic carboxylic acids is 2. The smallest absolute Gasteiger partial charge is 0.328 e. The lowest BCUT2D eigenvalue weighted by Crippen LogP contribution is -2.45. The van der Waals surface area contributed by atoms with E-state index in [0.29, 0.717) is 28.9 Å². The molecule has 0 bridgehead atoms. The van der Waals surface area contributed by atoms with E-state index < -0.39 is 11.9 Å². The fraction of sp³-hybridized carbons (Fsp3) is 0.421. The molecule has 0 amide bonds. The second-order valence-corrected chi connectivity index (χ2v) is 7.45. The number of carboxylic acid groups (broad SMARTS) is 2. The predicted molar refractivity (Wildman–Crippen MR) is 114 cm³/mol. The van der Waals surface area contributed by atoms with E-state index in [1.54, 1.807) is 0 Å². The van der Waals surface area contributed by atoms with Crippen LogP contribution in [-0.2, 0) is 9.59 Å². The summed E-state index contributed by atoms with van der Waals surface area (Å²) in [6.07, 6.45) is 1.12. The van der Waals surface area contributed by atoms with Crippen LogP contribution in [0, 0.1) is 0 Å². The van der Waals surface area contributed by atoms with Gasteiger partial charge in [-0.25, -0.2) is 14.6 Å². The van der Waals surface area contributed by atoms with Crippen LogP contribution >= 0.6 is 11.6 Å². The summed E-state index contributed by atoms with van der Waals surface area (Å²) in [4.78, 5) is 28.6. The molecule has 1 aliphatic heterocycles. The number of nitrogens with zero attached hydrogens (tertiary/aromatic N) is 4. The molecular formula is C19H26ClN5O4. The minimum Gasteiger partial charge on any atom is -0.478 e. The maximum Gasteiger partial charge on any atom is 0.328 e. The van der Waals surface area contributed by atoms with Gasteiger partial charge in [-0.1, -0.05) is 11.6 Å². The zero-order chi connectivity index (χ0) is 21.7. The summed E-state index contributed by atoms with van der Waals surface area (Å²) in [7, 11) is 2.16. The monoisotopic (exact) mass is 423 g/mol. The predicted octanol–water partition coefficient (Wildman–Crippen LogP) is 2.32. The minimum atomic E-state index is -1.26. The van der Waals surface area contributed by atoms with Crippen LogP contribution in [0.4, 0.5) is 11.6 Å². The Morgan fingerprint density at radius 1 is 1.14 bits per heavy atom. The van der Waals surface area contributed by atoms with Crippen molar-refractivity contribution < 1.29 is 19.8 Å². The molecule has 158 valence electrons. The molecule has 0 aliphatic carbocycles. The van der Waals surface area contributed by atoms with E-state index >= 15 is 0 Å². The Bertz CT molecular complexity index is 901. The molecule has 1 saturated heterocycles. The third kappa shape index (κ3) is 5.85. The number of piperazine rings is 1. The molecule has 2 aromatic rings. The van der Waals surface area contributed by atoms with Gasteiger partial charge in [-0.05, 0) is 33.0 Å². The number of benzene rings is 1. The lowest BCUT2D eigenvalue weighted by atomic mass is 10.2. The maximum atomic E-state index is 9.55. The van der Waals surface area contributed by atoms with Crippen molar-refractivity contribution in [3.05, 3.63) is 29.3 Å². The number of carboxylic acids is 2. The largest absolute Gasteiger partial charge is 0.478 e. The molecule has 9 nitrogen and oxygen atoms in total. The van der Waals surface area contributed by atoms with Gasteiger partial charge in [0.25, 0.3) is 0 Å². The average Bonchev–Trinajstić information content (AvgIpc) is 3.00. The van der Waals surface area contributed by atoms with Gasteiger partial charge >= 0.3 is 11.9 Å². The number of aromatic nitrogens is 2. The van der Waals surface area contributed by atoms with Gasteiger partial charge in [0.05, 0.1) is 21.7 Å². The van der Waals surface area contributed by atoms with Crippen LogP contribution in [-0.4, -0.2) is 69.8 Å². The normalized spacial score (nSPS) is 15.0. The van der Waals surface area contributed by atoms with Crippen LogP contribution in [0.25, 0.3) is 11.0 Å². The van der Waals surface area contributed by atoms with Crippen molar-refractivity contribution >= 4 is 46.2 Å². The number of rotatable bonds is 4. The molecule has 0 unspecified atom stereocenters. The molecule has 4 N–H and O–H groups in total. The van der Waals surface area contributed by atoms with Crippen molar-refractivity contribution in [1.29, 1.82) is 0 Å². The van der Waals surface area contributed by atoms with E-state index in [1.165, 1.54) is 0 Å². The molecule has 1 aliphatic rings. The lowest BCUT2D eigenvalue weighted by Gasteiger charge is -2.34. The highest BCUT2D eigenvalue weighted by Gasteiger charge is 2.22. The Morgan fingerprint density at radius 3 is 2.17 bits per heavy atom. The van der Waals surface area contributed by atoms with Crippen molar-refractivity contribution in [3.8, 4) is 0 Å². The van der Waals surface area contributed by atoms with Crippen molar-refractivity contribution in [2.75, 3.05) is 43.9 Å². The Hall–Kier alpha value is -2.78. The number of nitrogens with two attached hydrogens (primary N) is 1. The summed E-state index contributed by atoms with van der Waals surface area (Å²) < 4.78 is 2.26. The van der Waals surface area contributed by atoms with Crippen LogP contribution in [0.3, 0.4) is 0 Å². The average molecular weight is 424 g/mol. The van der Waals surface area contributed by atoms with E-state index in [0.717, 1.165) is 43.2 Å². The molecule has 0 saturated carbocycles. The van der Waals surface area contributed by atoms with Crippen LogP contribution in [0.2, 0.25) is 5.02 Å². The third-order valence-corrected chi connectivity index (χ3v) is 4.79. The number of carbonyl (C=O) groups is 2. The standard InChI is InChI=1S/C15H22ClN5.C4H4O4/c1-10(2)21-14-9-12(17)11(16)8-13(14)18-15(21)20-6-4-19(3)5-7-20;5-3(6)1-2-4(7)8/h8-10H,4-7,17H2,1-3H3;1-2H,(H,5,6)(H,7,8)/b;2-1-. The number of nitrogen functional groups attached to an aromatic ring is 1. The number of hydrogen-bond acceptors (Lipinski definition) is 6. The number of halogens is 1. The Morgan fingerprint density at radius 2 is 1.69 bits per heavy atom. The van der Waals surface area contributed by atoms with Gasteiger partial charge in [0.15, 0.2) is 0 Å². The molecule has 1 aromatic heterocycles. The summed E-state index contributed by atoms with van der Waals surface area (Å²) >= 11 is 6.14. The zero-order valence-corrected chi connectivity index (χ0v) is 17.4. The summed E-state index contributed by atoms with van der Waals surface area (Å²) in [5.74, 6) is -1.49. The first-order chi connectivity index (χ1) is 13.6. The topological polar surface area (TPSA) is 125 Å². The van der Waals surface area contributed by atoms with Gasteiger partial charge < -0.3 is 30.3 Å².